The maximum Gasteiger partial charge on any atom is 0.123 e. The quantitative estimate of drug-likeness (QED) is 0.209. The average Bonchev–Trinajstić information content (AvgIpc) is 3.18. The van der Waals surface area contributed by atoms with E-state index in [4.69, 9.17) is 4.74 Å². The third kappa shape index (κ3) is 3.53. The van der Waals surface area contributed by atoms with Gasteiger partial charge in [0.25, 0.3) is 0 Å². The SMILES string of the molecule is CCCCCCOc1cc2c(CC)c3c(c(CC)c2cc1CC)-c1cccc2cccc-3c12. The second-order valence-corrected chi connectivity index (χ2v) is 9.39. The van der Waals surface area contributed by atoms with Crippen molar-refractivity contribution >= 4 is 21.5 Å². The molecule has 0 unspecified atom stereocenters. The Morgan fingerprint density at radius 2 is 1.30 bits per heavy atom. The molecule has 0 fully saturated rings. The van der Waals surface area contributed by atoms with Crippen molar-refractivity contribution in [1.29, 1.82) is 0 Å². The number of benzene rings is 4. The van der Waals surface area contributed by atoms with Gasteiger partial charge in [-0.15, -0.1) is 0 Å². The maximum absolute atomic E-state index is 6.39. The van der Waals surface area contributed by atoms with Crippen LogP contribution in [0.3, 0.4) is 0 Å². The van der Waals surface area contributed by atoms with Crippen LogP contribution in [-0.2, 0) is 19.3 Å². The molecule has 0 saturated carbocycles. The molecule has 0 aromatic heterocycles. The highest BCUT2D eigenvalue weighted by Crippen LogP contribution is 2.53. The number of ether oxygens (including phenoxy) is 1. The van der Waals surface area contributed by atoms with Crippen molar-refractivity contribution in [2.75, 3.05) is 6.61 Å². The number of aryl methyl sites for hydroxylation is 3. The Kier molecular flexibility index (Phi) is 6.15. The zero-order valence-corrected chi connectivity index (χ0v) is 20.7. The van der Waals surface area contributed by atoms with Crippen molar-refractivity contribution in [1.82, 2.24) is 0 Å². The van der Waals surface area contributed by atoms with Gasteiger partial charge in [-0.05, 0) is 98.3 Å². The van der Waals surface area contributed by atoms with E-state index in [0.717, 1.165) is 38.0 Å². The predicted molar refractivity (Wildman–Crippen MR) is 144 cm³/mol. The number of fused-ring (bicyclic) bond motifs is 4. The van der Waals surface area contributed by atoms with Gasteiger partial charge in [-0.25, -0.2) is 0 Å². The van der Waals surface area contributed by atoms with Crippen LogP contribution in [0.25, 0.3) is 43.8 Å². The normalized spacial score (nSPS) is 12.0. The molecule has 0 heterocycles. The van der Waals surface area contributed by atoms with Crippen molar-refractivity contribution in [2.24, 2.45) is 0 Å². The third-order valence-corrected chi connectivity index (χ3v) is 7.49. The first-order valence-electron chi connectivity index (χ1n) is 13.0. The molecule has 170 valence electrons. The Morgan fingerprint density at radius 1 is 0.667 bits per heavy atom. The van der Waals surface area contributed by atoms with Crippen LogP contribution in [0.5, 0.6) is 5.75 Å². The van der Waals surface area contributed by atoms with Gasteiger partial charge in [0.15, 0.2) is 0 Å². The van der Waals surface area contributed by atoms with Gasteiger partial charge in [-0.2, -0.15) is 0 Å². The van der Waals surface area contributed by atoms with Crippen LogP contribution in [0.4, 0.5) is 0 Å². The van der Waals surface area contributed by atoms with Gasteiger partial charge in [-0.1, -0.05) is 83.4 Å². The van der Waals surface area contributed by atoms with E-state index in [9.17, 15) is 0 Å². The van der Waals surface area contributed by atoms with Crippen LogP contribution in [0.2, 0.25) is 0 Å². The Hall–Kier alpha value is -2.80. The summed E-state index contributed by atoms with van der Waals surface area (Å²) in [4.78, 5) is 0. The fraction of sp³-hybridized carbons (Fsp3) is 0.375. The summed E-state index contributed by atoms with van der Waals surface area (Å²) in [6, 6.07) is 18.4. The van der Waals surface area contributed by atoms with Crippen LogP contribution in [0, 0.1) is 0 Å². The lowest BCUT2D eigenvalue weighted by molar-refractivity contribution is 0.302. The summed E-state index contributed by atoms with van der Waals surface area (Å²) in [5.74, 6) is 1.09. The predicted octanol–water partition coefficient (Wildman–Crippen LogP) is 9.29. The van der Waals surface area contributed by atoms with Crippen molar-refractivity contribution < 1.29 is 4.74 Å². The van der Waals surface area contributed by atoms with Gasteiger partial charge >= 0.3 is 0 Å². The summed E-state index contributed by atoms with van der Waals surface area (Å²) in [6.45, 7) is 9.95. The molecule has 1 nitrogen and oxygen atoms in total. The minimum absolute atomic E-state index is 0.816. The Morgan fingerprint density at radius 3 is 1.88 bits per heavy atom. The first kappa shape index (κ1) is 22.0. The van der Waals surface area contributed by atoms with E-state index in [0.29, 0.717) is 0 Å². The molecule has 4 aromatic carbocycles. The smallest absolute Gasteiger partial charge is 0.123 e. The lowest BCUT2D eigenvalue weighted by Crippen LogP contribution is -2.03. The van der Waals surface area contributed by atoms with E-state index in [2.05, 4.69) is 76.2 Å². The van der Waals surface area contributed by atoms with Gasteiger partial charge in [0.05, 0.1) is 6.61 Å². The van der Waals surface area contributed by atoms with Crippen LogP contribution in [0.15, 0.2) is 48.5 Å². The minimum Gasteiger partial charge on any atom is -0.493 e. The summed E-state index contributed by atoms with van der Waals surface area (Å²) in [7, 11) is 0. The number of hydrogen-bond donors (Lipinski definition) is 0. The molecule has 0 radical (unpaired) electrons. The van der Waals surface area contributed by atoms with Gasteiger partial charge in [-0.3, -0.25) is 0 Å². The number of rotatable bonds is 9. The fourth-order valence-electron chi connectivity index (χ4n) is 5.90. The topological polar surface area (TPSA) is 9.23 Å². The monoisotopic (exact) mass is 436 g/mol. The standard InChI is InChI=1S/C32H36O/c1-5-9-10-11-18-33-29-20-28-24(8-4)32-26-17-13-15-22-14-12-16-25(30(22)26)31(32)23(7-3)27(28)19-21(29)6-2/h12-17,19-20H,5-11,18H2,1-4H3. The zero-order chi connectivity index (χ0) is 22.9. The molecule has 0 spiro atoms. The highest BCUT2D eigenvalue weighted by atomic mass is 16.5. The molecule has 0 bridgehead atoms. The maximum atomic E-state index is 6.39. The van der Waals surface area contributed by atoms with E-state index in [1.807, 2.05) is 0 Å². The number of hydrogen-bond acceptors (Lipinski definition) is 1. The molecule has 0 amide bonds. The summed E-state index contributed by atoms with van der Waals surface area (Å²) >= 11 is 0. The summed E-state index contributed by atoms with van der Waals surface area (Å²) in [5.41, 5.74) is 10.1. The molecule has 0 atom stereocenters. The lowest BCUT2D eigenvalue weighted by atomic mass is 9.84. The van der Waals surface area contributed by atoms with E-state index >= 15 is 0 Å². The number of unbranched alkanes of at least 4 members (excludes halogenated alkanes) is 3. The van der Waals surface area contributed by atoms with Crippen LogP contribution in [-0.4, -0.2) is 6.61 Å². The molecular formula is C32H36O. The van der Waals surface area contributed by atoms with Crippen LogP contribution >= 0.6 is 0 Å². The molecule has 0 N–H and O–H groups in total. The highest BCUT2D eigenvalue weighted by molar-refractivity contribution is 6.20. The van der Waals surface area contributed by atoms with Gasteiger partial charge in [0, 0.05) is 0 Å². The van der Waals surface area contributed by atoms with E-state index in [1.54, 1.807) is 0 Å². The molecule has 1 aliphatic carbocycles. The Balaban J connectivity index is 1.74. The summed E-state index contributed by atoms with van der Waals surface area (Å²) in [6.07, 6.45) is 7.99. The summed E-state index contributed by atoms with van der Waals surface area (Å²) in [5, 5.41) is 5.59. The van der Waals surface area contributed by atoms with E-state index in [-0.39, 0.29) is 0 Å². The molecular weight excluding hydrogens is 400 g/mol. The van der Waals surface area contributed by atoms with Crippen molar-refractivity contribution in [3.05, 3.63) is 65.2 Å². The fourth-order valence-corrected chi connectivity index (χ4v) is 5.90. The van der Waals surface area contributed by atoms with Crippen molar-refractivity contribution in [3.8, 4) is 28.0 Å². The first-order chi connectivity index (χ1) is 16.2. The molecule has 0 aliphatic heterocycles. The molecule has 4 aromatic rings. The largest absolute Gasteiger partial charge is 0.493 e. The van der Waals surface area contributed by atoms with Gasteiger partial charge in [0.1, 0.15) is 5.75 Å². The third-order valence-electron chi connectivity index (χ3n) is 7.49. The molecule has 1 aliphatic rings. The molecule has 0 saturated heterocycles. The second-order valence-electron chi connectivity index (χ2n) is 9.39. The first-order valence-corrected chi connectivity index (χ1v) is 13.0. The minimum atomic E-state index is 0.816. The average molecular weight is 437 g/mol. The Bertz CT molecular complexity index is 1320. The van der Waals surface area contributed by atoms with E-state index in [1.165, 1.54) is 79.8 Å². The lowest BCUT2D eigenvalue weighted by Gasteiger charge is -2.21. The molecule has 1 heteroatoms. The van der Waals surface area contributed by atoms with Gasteiger partial charge < -0.3 is 4.74 Å². The van der Waals surface area contributed by atoms with Crippen LogP contribution < -0.4 is 4.74 Å². The van der Waals surface area contributed by atoms with Crippen molar-refractivity contribution in [2.45, 2.75) is 72.6 Å². The van der Waals surface area contributed by atoms with Crippen molar-refractivity contribution in [3.63, 3.8) is 0 Å². The van der Waals surface area contributed by atoms with E-state index < -0.39 is 0 Å². The molecule has 33 heavy (non-hydrogen) atoms. The molecule has 5 rings (SSSR count). The summed E-state index contributed by atoms with van der Waals surface area (Å²) < 4.78 is 6.39. The zero-order valence-electron chi connectivity index (χ0n) is 20.7. The van der Waals surface area contributed by atoms with Gasteiger partial charge in [0.2, 0.25) is 0 Å². The highest BCUT2D eigenvalue weighted by Gasteiger charge is 2.28. The second kappa shape index (κ2) is 9.21. The Labute approximate surface area is 198 Å². The van der Waals surface area contributed by atoms with Crippen LogP contribution in [0.1, 0.15) is 70.1 Å².